The van der Waals surface area contributed by atoms with Crippen molar-refractivity contribution in [2.75, 3.05) is 5.73 Å². The summed E-state index contributed by atoms with van der Waals surface area (Å²) < 4.78 is 7.67. The molecular formula is C15H14ClN3O. The highest BCUT2D eigenvalue weighted by molar-refractivity contribution is 6.35. The summed E-state index contributed by atoms with van der Waals surface area (Å²) in [6, 6.07) is 13.0. The number of fused-ring (bicyclic) bond motifs is 1. The zero-order chi connectivity index (χ0) is 14.1. The summed E-state index contributed by atoms with van der Waals surface area (Å²) in [5.74, 6) is 1.59. The Balaban J connectivity index is 1.86. The van der Waals surface area contributed by atoms with Crippen LogP contribution in [0, 0.1) is 0 Å². The third-order valence-electron chi connectivity index (χ3n) is 3.19. The highest BCUT2D eigenvalue weighted by Crippen LogP contribution is 2.24. The van der Waals surface area contributed by atoms with Crippen molar-refractivity contribution < 1.29 is 4.74 Å². The molecule has 2 N–H and O–H groups in total. The van der Waals surface area contributed by atoms with Crippen molar-refractivity contribution in [2.24, 2.45) is 7.05 Å². The summed E-state index contributed by atoms with van der Waals surface area (Å²) in [4.78, 5) is 4.53. The summed E-state index contributed by atoms with van der Waals surface area (Å²) in [7, 11) is 1.93. The Bertz CT molecular complexity index is 750. The lowest BCUT2D eigenvalue weighted by Gasteiger charge is -2.06. The van der Waals surface area contributed by atoms with E-state index in [1.807, 2.05) is 41.9 Å². The van der Waals surface area contributed by atoms with E-state index in [-0.39, 0.29) is 0 Å². The van der Waals surface area contributed by atoms with Crippen LogP contribution in [0.4, 0.5) is 5.69 Å². The van der Waals surface area contributed by atoms with Crippen molar-refractivity contribution in [2.45, 2.75) is 6.61 Å². The van der Waals surface area contributed by atoms with Crippen LogP contribution in [-0.2, 0) is 13.7 Å². The topological polar surface area (TPSA) is 53.1 Å². The second-order valence-corrected chi connectivity index (χ2v) is 4.96. The molecule has 0 bridgehead atoms. The van der Waals surface area contributed by atoms with Crippen LogP contribution < -0.4 is 10.5 Å². The Kier molecular flexibility index (Phi) is 3.24. The van der Waals surface area contributed by atoms with Crippen molar-refractivity contribution >= 4 is 28.3 Å². The van der Waals surface area contributed by atoms with Crippen LogP contribution in [0.3, 0.4) is 0 Å². The van der Waals surface area contributed by atoms with Crippen molar-refractivity contribution in [3.63, 3.8) is 0 Å². The molecule has 0 atom stereocenters. The predicted octanol–water partition coefficient (Wildman–Crippen LogP) is 3.39. The molecule has 3 rings (SSSR count). The van der Waals surface area contributed by atoms with Gasteiger partial charge in [-0.2, -0.15) is 0 Å². The maximum absolute atomic E-state index is 6.19. The predicted molar refractivity (Wildman–Crippen MR) is 80.9 cm³/mol. The van der Waals surface area contributed by atoms with Crippen LogP contribution in [0.1, 0.15) is 5.82 Å². The van der Waals surface area contributed by atoms with E-state index < -0.39 is 0 Å². The van der Waals surface area contributed by atoms with E-state index in [1.165, 1.54) is 0 Å². The fourth-order valence-electron chi connectivity index (χ4n) is 2.11. The highest BCUT2D eigenvalue weighted by Gasteiger charge is 2.10. The molecule has 3 aromatic rings. The molecule has 1 aromatic heterocycles. The minimum atomic E-state index is 0.380. The molecule has 2 aromatic carbocycles. The monoisotopic (exact) mass is 287 g/mol. The number of halogens is 1. The molecule has 0 aliphatic carbocycles. The second-order valence-electron chi connectivity index (χ2n) is 4.55. The molecule has 0 aliphatic heterocycles. The van der Waals surface area contributed by atoms with Crippen LogP contribution in [0.15, 0.2) is 42.5 Å². The summed E-state index contributed by atoms with van der Waals surface area (Å²) in [5.41, 5.74) is 8.15. The largest absolute Gasteiger partial charge is 0.486 e. The molecular weight excluding hydrogens is 274 g/mol. The van der Waals surface area contributed by atoms with Gasteiger partial charge in [-0.15, -0.1) is 0 Å². The number of anilines is 1. The molecule has 0 radical (unpaired) electrons. The van der Waals surface area contributed by atoms with Gasteiger partial charge in [-0.05, 0) is 36.4 Å². The molecule has 0 unspecified atom stereocenters. The molecule has 5 heteroatoms. The first-order chi connectivity index (χ1) is 9.65. The van der Waals surface area contributed by atoms with Crippen LogP contribution in [0.2, 0.25) is 5.02 Å². The van der Waals surface area contributed by atoms with Gasteiger partial charge in [0.05, 0.1) is 16.1 Å². The third kappa shape index (κ3) is 2.30. The number of nitrogen functional groups attached to an aromatic ring is 1. The third-order valence-corrected chi connectivity index (χ3v) is 3.49. The normalized spacial score (nSPS) is 10.9. The number of rotatable bonds is 3. The molecule has 4 nitrogen and oxygen atoms in total. The van der Waals surface area contributed by atoms with Crippen LogP contribution in [0.25, 0.3) is 11.0 Å². The minimum Gasteiger partial charge on any atom is -0.486 e. The standard InChI is InChI=1S/C15H14ClN3O/c1-19-14(9-20-11-7-5-10(17)6-8-11)18-13-4-2-3-12(16)15(13)19/h2-8H,9,17H2,1H3. The lowest BCUT2D eigenvalue weighted by Crippen LogP contribution is -2.03. The van der Waals surface area contributed by atoms with Gasteiger partial charge < -0.3 is 15.0 Å². The summed E-state index contributed by atoms with van der Waals surface area (Å²) >= 11 is 6.19. The molecule has 0 saturated carbocycles. The molecule has 0 saturated heterocycles. The number of hydrogen-bond acceptors (Lipinski definition) is 3. The van der Waals surface area contributed by atoms with Gasteiger partial charge in [0.15, 0.2) is 0 Å². The van der Waals surface area contributed by atoms with E-state index >= 15 is 0 Å². The van der Waals surface area contributed by atoms with Gasteiger partial charge in [-0.1, -0.05) is 17.7 Å². The number of ether oxygens (including phenoxy) is 1. The fourth-order valence-corrected chi connectivity index (χ4v) is 2.41. The number of benzene rings is 2. The average Bonchev–Trinajstić information content (AvgIpc) is 2.76. The summed E-state index contributed by atoms with van der Waals surface area (Å²) in [5, 5.41) is 0.691. The van der Waals surface area contributed by atoms with Crippen molar-refractivity contribution in [1.29, 1.82) is 0 Å². The Hall–Kier alpha value is -2.20. The van der Waals surface area contributed by atoms with Gasteiger partial charge in [0, 0.05) is 12.7 Å². The maximum atomic E-state index is 6.19. The minimum absolute atomic E-state index is 0.380. The maximum Gasteiger partial charge on any atom is 0.147 e. The first kappa shape index (κ1) is 12.8. The van der Waals surface area contributed by atoms with E-state index in [9.17, 15) is 0 Å². The van der Waals surface area contributed by atoms with Crippen molar-refractivity contribution in [3.8, 4) is 5.75 Å². The summed E-state index contributed by atoms with van der Waals surface area (Å²) in [6.45, 7) is 0.380. The Morgan fingerprint density at radius 1 is 1.20 bits per heavy atom. The van der Waals surface area contributed by atoms with Crippen LogP contribution in [0.5, 0.6) is 5.75 Å². The van der Waals surface area contributed by atoms with Gasteiger partial charge in [0.2, 0.25) is 0 Å². The molecule has 0 spiro atoms. The van der Waals surface area contributed by atoms with E-state index in [2.05, 4.69) is 4.98 Å². The number of imidazole rings is 1. The highest BCUT2D eigenvalue weighted by atomic mass is 35.5. The number of aryl methyl sites for hydroxylation is 1. The van der Waals surface area contributed by atoms with Gasteiger partial charge >= 0.3 is 0 Å². The zero-order valence-electron chi connectivity index (χ0n) is 11.0. The Labute approximate surface area is 121 Å². The fraction of sp³-hybridized carbons (Fsp3) is 0.133. The van der Waals surface area contributed by atoms with E-state index in [0.29, 0.717) is 17.3 Å². The zero-order valence-corrected chi connectivity index (χ0v) is 11.8. The van der Waals surface area contributed by atoms with Crippen molar-refractivity contribution in [1.82, 2.24) is 9.55 Å². The molecule has 20 heavy (non-hydrogen) atoms. The first-order valence-electron chi connectivity index (χ1n) is 6.23. The number of nitrogens with two attached hydrogens (primary N) is 1. The Morgan fingerprint density at radius 2 is 1.95 bits per heavy atom. The van der Waals surface area contributed by atoms with Crippen LogP contribution in [-0.4, -0.2) is 9.55 Å². The molecule has 0 amide bonds. The summed E-state index contributed by atoms with van der Waals surface area (Å²) in [6.07, 6.45) is 0. The molecule has 1 heterocycles. The second kappa shape index (κ2) is 5.06. The number of aromatic nitrogens is 2. The van der Waals surface area contributed by atoms with E-state index in [4.69, 9.17) is 22.1 Å². The van der Waals surface area contributed by atoms with Crippen LogP contribution >= 0.6 is 11.6 Å². The smallest absolute Gasteiger partial charge is 0.147 e. The van der Waals surface area contributed by atoms with Gasteiger partial charge in [-0.3, -0.25) is 0 Å². The lowest BCUT2D eigenvalue weighted by atomic mass is 10.3. The number of hydrogen-bond donors (Lipinski definition) is 1. The van der Waals surface area contributed by atoms with E-state index in [0.717, 1.165) is 22.6 Å². The van der Waals surface area contributed by atoms with Gasteiger partial charge in [0.1, 0.15) is 18.2 Å². The van der Waals surface area contributed by atoms with Gasteiger partial charge in [-0.25, -0.2) is 4.98 Å². The quantitative estimate of drug-likeness (QED) is 0.751. The van der Waals surface area contributed by atoms with Gasteiger partial charge in [0.25, 0.3) is 0 Å². The molecule has 102 valence electrons. The van der Waals surface area contributed by atoms with Crippen molar-refractivity contribution in [3.05, 3.63) is 53.3 Å². The Morgan fingerprint density at radius 3 is 2.65 bits per heavy atom. The first-order valence-corrected chi connectivity index (χ1v) is 6.61. The lowest BCUT2D eigenvalue weighted by molar-refractivity contribution is 0.292. The SMILES string of the molecule is Cn1c(COc2ccc(N)cc2)nc2cccc(Cl)c21. The number of nitrogens with zero attached hydrogens (tertiary/aromatic N) is 2. The molecule has 0 fully saturated rings. The number of para-hydroxylation sites is 1. The van der Waals surface area contributed by atoms with E-state index in [1.54, 1.807) is 12.1 Å². The average molecular weight is 288 g/mol. The molecule has 0 aliphatic rings.